The Labute approximate surface area is 240 Å². The first kappa shape index (κ1) is 25.4. The molecule has 4 aromatic carbocycles. The normalized spacial score (nSPS) is 21.5. The van der Waals surface area contributed by atoms with E-state index in [1.807, 2.05) is 23.1 Å². The molecule has 41 heavy (non-hydrogen) atoms. The van der Waals surface area contributed by atoms with E-state index in [0.29, 0.717) is 38.7 Å². The first-order valence-corrected chi connectivity index (χ1v) is 13.6. The number of Topliss-reactive ketones (excluding diaryl/α,β-unsaturated/α-hetero) is 3. The average molecular weight is 564 g/mol. The van der Waals surface area contributed by atoms with Crippen LogP contribution in [0.4, 0.5) is 10.1 Å². The quantitative estimate of drug-likeness (QED) is 0.202. The zero-order valence-electron chi connectivity index (χ0n) is 21.9. The van der Waals surface area contributed by atoms with Gasteiger partial charge in [-0.15, -0.1) is 0 Å². The van der Waals surface area contributed by atoms with E-state index in [0.717, 1.165) is 5.56 Å². The number of carbonyl (C=O) groups is 3. The number of hydrogen-bond donors (Lipinski definition) is 0. The van der Waals surface area contributed by atoms with Gasteiger partial charge < -0.3 is 9.64 Å². The van der Waals surface area contributed by atoms with Gasteiger partial charge in [-0.25, -0.2) is 4.39 Å². The fourth-order valence-electron chi connectivity index (χ4n) is 6.94. The summed E-state index contributed by atoms with van der Waals surface area (Å²) in [4.78, 5) is 45.8. The third-order valence-electron chi connectivity index (χ3n) is 8.62. The largest absolute Gasteiger partial charge is 0.497 e. The zero-order chi connectivity index (χ0) is 28.5. The molecule has 3 atom stereocenters. The van der Waals surface area contributed by atoms with Crippen LogP contribution in [-0.4, -0.2) is 36.5 Å². The van der Waals surface area contributed by atoms with E-state index in [-0.39, 0.29) is 17.3 Å². The number of methoxy groups -OCH3 is 1. The van der Waals surface area contributed by atoms with Crippen LogP contribution in [-0.2, 0) is 0 Å². The van der Waals surface area contributed by atoms with E-state index < -0.39 is 29.2 Å². The third kappa shape index (κ3) is 3.50. The second kappa shape index (κ2) is 9.25. The maximum atomic E-state index is 14.7. The molecule has 2 heterocycles. The van der Waals surface area contributed by atoms with Crippen molar-refractivity contribution in [1.29, 1.82) is 0 Å². The molecule has 2 aliphatic heterocycles. The minimum atomic E-state index is -1.66. The zero-order valence-corrected chi connectivity index (χ0v) is 22.6. The van der Waals surface area contributed by atoms with Crippen molar-refractivity contribution in [2.24, 2.45) is 5.41 Å². The molecule has 1 aliphatic carbocycles. The summed E-state index contributed by atoms with van der Waals surface area (Å²) in [6.45, 7) is 0. The summed E-state index contributed by atoms with van der Waals surface area (Å²) >= 11 is 6.34. The van der Waals surface area contributed by atoms with E-state index in [1.54, 1.807) is 72.8 Å². The number of nitrogens with zero attached hydrogens (tertiary/aromatic N) is 1. The summed E-state index contributed by atoms with van der Waals surface area (Å²) in [5.41, 5.74) is 1.35. The molecule has 7 rings (SSSR count). The van der Waals surface area contributed by atoms with Crippen LogP contribution >= 0.6 is 11.6 Å². The smallest absolute Gasteiger partial charge is 0.186 e. The van der Waals surface area contributed by atoms with E-state index >= 15 is 0 Å². The topological polar surface area (TPSA) is 63.7 Å². The third-order valence-corrected chi connectivity index (χ3v) is 8.85. The Morgan fingerprint density at radius 1 is 0.902 bits per heavy atom. The van der Waals surface area contributed by atoms with Gasteiger partial charge in [0.25, 0.3) is 0 Å². The molecule has 4 aromatic rings. The lowest BCUT2D eigenvalue weighted by molar-refractivity contribution is 0.0666. The summed E-state index contributed by atoms with van der Waals surface area (Å²) in [6, 6.07) is 22.9. The van der Waals surface area contributed by atoms with Gasteiger partial charge in [0.1, 0.15) is 23.0 Å². The van der Waals surface area contributed by atoms with Crippen LogP contribution in [0.15, 0.2) is 97.1 Å². The maximum absolute atomic E-state index is 14.7. The Morgan fingerprint density at radius 2 is 1.61 bits per heavy atom. The highest BCUT2D eigenvalue weighted by Gasteiger charge is 2.71. The molecule has 1 fully saturated rings. The van der Waals surface area contributed by atoms with Gasteiger partial charge in [0.15, 0.2) is 17.3 Å². The molecular formula is C34H23ClFNO4. The Hall–Kier alpha value is -4.55. The monoisotopic (exact) mass is 563 g/mol. The lowest BCUT2D eigenvalue weighted by Crippen LogP contribution is -2.48. The fourth-order valence-corrected chi connectivity index (χ4v) is 7.12. The minimum Gasteiger partial charge on any atom is -0.497 e. The van der Waals surface area contributed by atoms with Crippen molar-refractivity contribution in [1.82, 2.24) is 0 Å². The lowest BCUT2D eigenvalue weighted by Gasteiger charge is -2.37. The Kier molecular flexibility index (Phi) is 5.73. The molecule has 0 unspecified atom stereocenters. The van der Waals surface area contributed by atoms with Crippen LogP contribution in [0.2, 0.25) is 5.02 Å². The van der Waals surface area contributed by atoms with Crippen molar-refractivity contribution >= 4 is 40.7 Å². The van der Waals surface area contributed by atoms with E-state index in [2.05, 4.69) is 0 Å². The van der Waals surface area contributed by atoms with Crippen molar-refractivity contribution < 1.29 is 23.5 Å². The number of hydrogen-bond acceptors (Lipinski definition) is 5. The van der Waals surface area contributed by atoms with Gasteiger partial charge in [0.05, 0.1) is 13.2 Å². The minimum absolute atomic E-state index is 0.284. The first-order chi connectivity index (χ1) is 19.9. The standard InChI is InChI=1S/C34H23ClFNO4/c1-41-24-6-4-5-21(18-24)31(38)30-29(19-9-13-23(36)14-10-19)34(32(39)25-7-2-3-8-26(25)33(34)40)28-16-11-20-17-22(35)12-15-27(20)37(28)30/h2-18,28-30H,1H3/t28-,29-,30+/m0/s1. The van der Waals surface area contributed by atoms with Crippen LogP contribution in [0.1, 0.15) is 48.1 Å². The summed E-state index contributed by atoms with van der Waals surface area (Å²) in [5.74, 6) is -1.85. The molecule has 1 spiro atoms. The van der Waals surface area contributed by atoms with Crippen LogP contribution in [0, 0.1) is 11.2 Å². The Balaban J connectivity index is 1.54. The molecule has 0 saturated carbocycles. The predicted octanol–water partition coefficient (Wildman–Crippen LogP) is 6.80. The summed E-state index contributed by atoms with van der Waals surface area (Å²) in [5, 5.41) is 0.520. The number of ketones is 3. The molecule has 0 amide bonds. The van der Waals surface area contributed by atoms with E-state index in [9.17, 15) is 18.8 Å². The van der Waals surface area contributed by atoms with Gasteiger partial charge >= 0.3 is 0 Å². The average Bonchev–Trinajstić information content (AvgIpc) is 3.43. The molecular weight excluding hydrogens is 541 g/mol. The van der Waals surface area contributed by atoms with Gasteiger partial charge in [-0.1, -0.05) is 72.3 Å². The fraction of sp³-hybridized carbons (Fsp3) is 0.147. The maximum Gasteiger partial charge on any atom is 0.186 e. The lowest BCUT2D eigenvalue weighted by atomic mass is 9.64. The van der Waals surface area contributed by atoms with Crippen LogP contribution in [0.25, 0.3) is 6.08 Å². The Morgan fingerprint density at radius 3 is 2.29 bits per heavy atom. The number of ether oxygens (including phenoxy) is 1. The van der Waals surface area contributed by atoms with Gasteiger partial charge in [-0.05, 0) is 53.6 Å². The van der Waals surface area contributed by atoms with Crippen molar-refractivity contribution in [3.8, 4) is 5.75 Å². The second-order valence-corrected chi connectivity index (χ2v) is 11.0. The molecule has 1 saturated heterocycles. The highest BCUT2D eigenvalue weighted by molar-refractivity contribution is 6.32. The summed E-state index contributed by atoms with van der Waals surface area (Å²) in [6.07, 6.45) is 3.68. The molecule has 0 aromatic heterocycles. The molecule has 3 aliphatic rings. The van der Waals surface area contributed by atoms with Gasteiger partial charge in [0.2, 0.25) is 0 Å². The van der Waals surface area contributed by atoms with Crippen molar-refractivity contribution in [2.75, 3.05) is 12.0 Å². The van der Waals surface area contributed by atoms with Gasteiger partial charge in [-0.3, -0.25) is 14.4 Å². The van der Waals surface area contributed by atoms with Crippen LogP contribution in [0.5, 0.6) is 5.75 Å². The van der Waals surface area contributed by atoms with Crippen molar-refractivity contribution in [3.05, 3.63) is 136 Å². The SMILES string of the molecule is COc1cccc(C(=O)[C@H]2[C@H](c3ccc(F)cc3)C3(C(=O)c4ccccc4C3=O)[C@@H]3C=Cc4cc(Cl)ccc4N32)c1. The summed E-state index contributed by atoms with van der Waals surface area (Å²) < 4.78 is 19.6. The van der Waals surface area contributed by atoms with Gasteiger partial charge in [-0.2, -0.15) is 0 Å². The molecule has 7 heteroatoms. The van der Waals surface area contributed by atoms with E-state index in [1.165, 1.54) is 19.2 Å². The Bertz CT molecular complexity index is 1760. The van der Waals surface area contributed by atoms with Crippen LogP contribution < -0.4 is 9.64 Å². The van der Waals surface area contributed by atoms with Crippen molar-refractivity contribution in [2.45, 2.75) is 18.0 Å². The highest BCUT2D eigenvalue weighted by atomic mass is 35.5. The second-order valence-electron chi connectivity index (χ2n) is 10.6. The number of carbonyl (C=O) groups excluding carboxylic acids is 3. The highest BCUT2D eigenvalue weighted by Crippen LogP contribution is 2.61. The summed E-state index contributed by atoms with van der Waals surface area (Å²) in [7, 11) is 1.52. The van der Waals surface area contributed by atoms with Crippen molar-refractivity contribution in [3.63, 3.8) is 0 Å². The number of fused-ring (bicyclic) bond motifs is 5. The molecule has 0 N–H and O–H groups in total. The van der Waals surface area contributed by atoms with E-state index in [4.69, 9.17) is 16.3 Å². The molecule has 0 radical (unpaired) electrons. The number of benzene rings is 4. The number of halogens is 2. The molecule has 202 valence electrons. The van der Waals surface area contributed by atoms with Gasteiger partial charge in [0, 0.05) is 33.3 Å². The molecule has 5 nitrogen and oxygen atoms in total. The molecule has 0 bridgehead atoms. The number of anilines is 1. The number of rotatable bonds is 4. The van der Waals surface area contributed by atoms with Crippen LogP contribution in [0.3, 0.4) is 0 Å². The predicted molar refractivity (Wildman–Crippen MR) is 155 cm³/mol. The first-order valence-electron chi connectivity index (χ1n) is 13.2.